The maximum atomic E-state index is 12.4. The lowest BCUT2D eigenvalue weighted by molar-refractivity contribution is 0.193. The van der Waals surface area contributed by atoms with Crippen LogP contribution in [0.1, 0.15) is 18.4 Å². The van der Waals surface area contributed by atoms with E-state index in [1.165, 1.54) is 4.57 Å². The van der Waals surface area contributed by atoms with E-state index in [1.807, 2.05) is 29.2 Å². The molecule has 1 amide bonds. The maximum absolute atomic E-state index is 12.4. The van der Waals surface area contributed by atoms with E-state index in [0.717, 1.165) is 22.9 Å². The number of aromatic nitrogens is 2. The third-order valence-corrected chi connectivity index (χ3v) is 4.03. The molecule has 19 heavy (non-hydrogen) atoms. The average Bonchev–Trinajstić information content (AvgIpc) is 3.11. The summed E-state index contributed by atoms with van der Waals surface area (Å²) in [7, 11) is 0. The van der Waals surface area contributed by atoms with Crippen molar-refractivity contribution in [3.8, 4) is 0 Å². The minimum atomic E-state index is -0.00393. The summed E-state index contributed by atoms with van der Waals surface area (Å²) in [5.41, 5.74) is 1.13. The normalized spacial score (nSPS) is 14.4. The van der Waals surface area contributed by atoms with Crippen LogP contribution in [0.15, 0.2) is 47.5 Å². The minimum absolute atomic E-state index is 0.00393. The number of hydrogen-bond donors (Lipinski definition) is 0. The van der Waals surface area contributed by atoms with Gasteiger partial charge in [0.1, 0.15) is 6.33 Å². The van der Waals surface area contributed by atoms with Crippen molar-refractivity contribution >= 4 is 22.0 Å². The molecule has 5 heteroatoms. The zero-order valence-electron chi connectivity index (χ0n) is 10.4. The van der Waals surface area contributed by atoms with Crippen LogP contribution in [0.25, 0.3) is 0 Å². The Hall–Kier alpha value is -1.62. The van der Waals surface area contributed by atoms with Crippen molar-refractivity contribution in [1.29, 1.82) is 0 Å². The van der Waals surface area contributed by atoms with Gasteiger partial charge in [-0.05, 0) is 24.5 Å². The van der Waals surface area contributed by atoms with Gasteiger partial charge in [-0.25, -0.2) is 9.78 Å². The average molecular weight is 320 g/mol. The number of amides is 1. The van der Waals surface area contributed by atoms with Gasteiger partial charge < -0.3 is 4.90 Å². The van der Waals surface area contributed by atoms with E-state index in [1.54, 1.807) is 18.7 Å². The Morgan fingerprint density at radius 3 is 2.84 bits per heavy atom. The van der Waals surface area contributed by atoms with Crippen LogP contribution in [0.2, 0.25) is 0 Å². The van der Waals surface area contributed by atoms with Crippen LogP contribution in [0.3, 0.4) is 0 Å². The first kappa shape index (κ1) is 12.4. The smallest absolute Gasteiger partial charge is 0.317 e. The van der Waals surface area contributed by atoms with E-state index in [0.29, 0.717) is 12.6 Å². The van der Waals surface area contributed by atoms with Gasteiger partial charge in [0.25, 0.3) is 0 Å². The monoisotopic (exact) mass is 319 g/mol. The second-order valence-electron chi connectivity index (χ2n) is 4.70. The lowest BCUT2D eigenvalue weighted by Crippen LogP contribution is -2.35. The molecular weight excluding hydrogens is 306 g/mol. The van der Waals surface area contributed by atoms with Crippen molar-refractivity contribution in [3.05, 3.63) is 53.0 Å². The predicted molar refractivity (Wildman–Crippen MR) is 75.7 cm³/mol. The molecule has 1 aromatic carbocycles. The van der Waals surface area contributed by atoms with Gasteiger partial charge in [0.2, 0.25) is 0 Å². The number of hydrogen-bond acceptors (Lipinski definition) is 2. The number of imidazole rings is 1. The molecule has 0 unspecified atom stereocenters. The van der Waals surface area contributed by atoms with Crippen molar-refractivity contribution in [2.24, 2.45) is 0 Å². The van der Waals surface area contributed by atoms with Gasteiger partial charge >= 0.3 is 6.03 Å². The van der Waals surface area contributed by atoms with E-state index < -0.39 is 0 Å². The van der Waals surface area contributed by atoms with E-state index in [-0.39, 0.29) is 6.03 Å². The Morgan fingerprint density at radius 1 is 1.42 bits per heavy atom. The zero-order valence-corrected chi connectivity index (χ0v) is 12.0. The number of carbonyl (C=O) groups excluding carboxylic acids is 1. The van der Waals surface area contributed by atoms with Crippen LogP contribution in [-0.4, -0.2) is 26.5 Å². The highest BCUT2D eigenvalue weighted by Gasteiger charge is 2.33. The molecule has 98 valence electrons. The van der Waals surface area contributed by atoms with Crippen molar-refractivity contribution in [2.75, 3.05) is 0 Å². The number of carbonyl (C=O) groups is 1. The maximum Gasteiger partial charge on any atom is 0.329 e. The summed E-state index contributed by atoms with van der Waals surface area (Å²) in [6.07, 6.45) is 7.05. The number of benzene rings is 1. The molecule has 0 spiro atoms. The van der Waals surface area contributed by atoms with E-state index in [9.17, 15) is 4.79 Å². The highest BCUT2D eigenvalue weighted by atomic mass is 79.9. The molecule has 0 radical (unpaired) electrons. The van der Waals surface area contributed by atoms with Gasteiger partial charge in [-0.1, -0.05) is 34.1 Å². The Balaban J connectivity index is 1.82. The van der Waals surface area contributed by atoms with Crippen molar-refractivity contribution in [3.63, 3.8) is 0 Å². The zero-order chi connectivity index (χ0) is 13.2. The minimum Gasteiger partial charge on any atom is -0.317 e. The molecular formula is C14H14BrN3O. The summed E-state index contributed by atoms with van der Waals surface area (Å²) in [6.45, 7) is 0.628. The summed E-state index contributed by atoms with van der Waals surface area (Å²) in [5.74, 6) is 0. The van der Waals surface area contributed by atoms with Gasteiger partial charge in [-0.3, -0.25) is 4.57 Å². The Kier molecular flexibility index (Phi) is 3.38. The molecule has 1 aromatic heterocycles. The Labute approximate surface area is 120 Å². The highest BCUT2D eigenvalue weighted by molar-refractivity contribution is 9.10. The molecule has 1 heterocycles. The molecule has 1 saturated carbocycles. The molecule has 1 aliphatic carbocycles. The fraction of sp³-hybridized carbons (Fsp3) is 0.286. The van der Waals surface area contributed by atoms with Gasteiger partial charge in [-0.2, -0.15) is 0 Å². The van der Waals surface area contributed by atoms with Crippen molar-refractivity contribution < 1.29 is 4.79 Å². The predicted octanol–water partition coefficient (Wildman–Crippen LogP) is 3.28. The standard InChI is InChI=1S/C14H14BrN3O/c15-13-4-2-1-3-11(13)9-18(12-5-6-12)14(19)17-8-7-16-10-17/h1-4,7-8,10,12H,5-6,9H2. The molecule has 0 bridgehead atoms. The first-order chi connectivity index (χ1) is 9.25. The van der Waals surface area contributed by atoms with Crippen LogP contribution in [0.5, 0.6) is 0 Å². The number of nitrogens with zero attached hydrogens (tertiary/aromatic N) is 3. The van der Waals surface area contributed by atoms with Crippen LogP contribution >= 0.6 is 15.9 Å². The molecule has 0 saturated heterocycles. The van der Waals surface area contributed by atoms with Crippen LogP contribution in [0, 0.1) is 0 Å². The van der Waals surface area contributed by atoms with Gasteiger partial charge in [0.05, 0.1) is 0 Å². The fourth-order valence-corrected chi connectivity index (χ4v) is 2.48. The molecule has 1 fully saturated rings. The van der Waals surface area contributed by atoms with Crippen molar-refractivity contribution in [1.82, 2.24) is 14.5 Å². The summed E-state index contributed by atoms with van der Waals surface area (Å²) < 4.78 is 2.58. The third kappa shape index (κ3) is 2.71. The van der Waals surface area contributed by atoms with Crippen LogP contribution in [0.4, 0.5) is 4.79 Å². The first-order valence-corrected chi connectivity index (χ1v) is 7.07. The van der Waals surface area contributed by atoms with Crippen molar-refractivity contribution in [2.45, 2.75) is 25.4 Å². The largest absolute Gasteiger partial charge is 0.329 e. The lowest BCUT2D eigenvalue weighted by Gasteiger charge is -2.23. The molecule has 3 rings (SSSR count). The molecule has 4 nitrogen and oxygen atoms in total. The van der Waals surface area contributed by atoms with Gasteiger partial charge in [-0.15, -0.1) is 0 Å². The lowest BCUT2D eigenvalue weighted by atomic mass is 10.2. The topological polar surface area (TPSA) is 38.1 Å². The first-order valence-electron chi connectivity index (χ1n) is 6.28. The molecule has 0 N–H and O–H groups in total. The second-order valence-corrected chi connectivity index (χ2v) is 5.56. The summed E-state index contributed by atoms with van der Waals surface area (Å²) >= 11 is 3.54. The highest BCUT2D eigenvalue weighted by Crippen LogP contribution is 2.30. The summed E-state index contributed by atoms with van der Waals surface area (Å²) in [6, 6.07) is 8.38. The molecule has 0 atom stereocenters. The van der Waals surface area contributed by atoms with Crippen LogP contribution in [-0.2, 0) is 6.54 Å². The fourth-order valence-electron chi connectivity index (χ4n) is 2.07. The SMILES string of the molecule is O=C(N(Cc1ccccc1Br)C1CC1)n1ccnc1. The second kappa shape index (κ2) is 5.17. The number of halogens is 1. The van der Waals surface area contributed by atoms with E-state index in [2.05, 4.69) is 20.9 Å². The Morgan fingerprint density at radius 2 is 2.21 bits per heavy atom. The Bertz CT molecular complexity index is 578. The molecule has 2 aromatic rings. The van der Waals surface area contributed by atoms with Crippen LogP contribution < -0.4 is 0 Å². The van der Waals surface area contributed by atoms with E-state index in [4.69, 9.17) is 0 Å². The number of rotatable bonds is 3. The van der Waals surface area contributed by atoms with E-state index >= 15 is 0 Å². The molecule has 1 aliphatic rings. The molecule has 0 aliphatic heterocycles. The quantitative estimate of drug-likeness (QED) is 0.870. The summed E-state index contributed by atoms with van der Waals surface area (Å²) in [4.78, 5) is 18.3. The third-order valence-electron chi connectivity index (χ3n) is 3.26. The summed E-state index contributed by atoms with van der Waals surface area (Å²) in [5, 5.41) is 0. The van der Waals surface area contributed by atoms with Gasteiger partial charge in [0.15, 0.2) is 0 Å². The van der Waals surface area contributed by atoms with Gasteiger partial charge in [0, 0.05) is 29.5 Å².